The SMILES string of the molecule is c1ccc(-c2ccc(N(c3ccccc3-c3cccc4c3oc3ccccc34)c3c(-c4ccccc4)c4ccccc4c4ccccc34)cc2-c2ccccc2)cc1. The summed E-state index contributed by atoms with van der Waals surface area (Å²) < 4.78 is 6.73. The van der Waals surface area contributed by atoms with Crippen molar-refractivity contribution < 1.29 is 4.42 Å². The molecule has 0 N–H and O–H groups in total. The third kappa shape index (κ3) is 5.57. The maximum Gasteiger partial charge on any atom is 0.143 e. The topological polar surface area (TPSA) is 16.4 Å². The molecule has 0 saturated carbocycles. The first-order valence-electron chi connectivity index (χ1n) is 19.9. The number of nitrogens with zero attached hydrogens (tertiary/aromatic N) is 1. The van der Waals surface area contributed by atoms with Crippen molar-refractivity contribution in [2.45, 2.75) is 0 Å². The zero-order chi connectivity index (χ0) is 38.4. The van der Waals surface area contributed by atoms with E-state index in [0.717, 1.165) is 66.8 Å². The Hall–Kier alpha value is -7.68. The van der Waals surface area contributed by atoms with Crippen molar-refractivity contribution in [3.63, 3.8) is 0 Å². The first kappa shape index (κ1) is 33.6. The average Bonchev–Trinajstić information content (AvgIpc) is 3.69. The molecule has 58 heavy (non-hydrogen) atoms. The Morgan fingerprint density at radius 2 is 0.828 bits per heavy atom. The van der Waals surface area contributed by atoms with Crippen LogP contribution in [0.15, 0.2) is 229 Å². The zero-order valence-corrected chi connectivity index (χ0v) is 31.7. The summed E-state index contributed by atoms with van der Waals surface area (Å²) in [5.74, 6) is 0. The molecule has 272 valence electrons. The summed E-state index contributed by atoms with van der Waals surface area (Å²) in [6.07, 6.45) is 0. The van der Waals surface area contributed by atoms with Gasteiger partial charge in [0.25, 0.3) is 0 Å². The first-order valence-corrected chi connectivity index (χ1v) is 19.9. The van der Waals surface area contributed by atoms with Crippen LogP contribution in [0.4, 0.5) is 17.1 Å². The van der Waals surface area contributed by atoms with Gasteiger partial charge in [-0.15, -0.1) is 0 Å². The van der Waals surface area contributed by atoms with Gasteiger partial charge in [-0.25, -0.2) is 0 Å². The van der Waals surface area contributed by atoms with Crippen LogP contribution in [0.3, 0.4) is 0 Å². The van der Waals surface area contributed by atoms with Gasteiger partial charge in [-0.05, 0) is 68.2 Å². The van der Waals surface area contributed by atoms with Crippen molar-refractivity contribution in [3.05, 3.63) is 224 Å². The minimum Gasteiger partial charge on any atom is -0.455 e. The molecule has 2 nitrogen and oxygen atoms in total. The molecule has 0 aliphatic heterocycles. The third-order valence-corrected chi connectivity index (χ3v) is 11.5. The van der Waals surface area contributed by atoms with Crippen LogP contribution in [0.5, 0.6) is 0 Å². The fourth-order valence-electron chi connectivity index (χ4n) is 8.89. The van der Waals surface area contributed by atoms with Gasteiger partial charge in [0.2, 0.25) is 0 Å². The maximum absolute atomic E-state index is 6.73. The van der Waals surface area contributed by atoms with Gasteiger partial charge in [0.1, 0.15) is 11.2 Å². The Kier molecular flexibility index (Phi) is 8.19. The fourth-order valence-corrected chi connectivity index (χ4v) is 8.89. The molecule has 11 aromatic rings. The van der Waals surface area contributed by atoms with Gasteiger partial charge >= 0.3 is 0 Å². The van der Waals surface area contributed by atoms with Crippen molar-refractivity contribution in [1.29, 1.82) is 0 Å². The standard InChI is InChI=1S/C56H37NO/c1-4-19-38(20-5-1)42-36-35-41(37-51(42)39-21-6-2-7-22-39)57(52-33-16-14-27-45(52)49-31-18-32-50-46-28-15-17-34-53(46)58-56(49)50)55-48-30-13-11-26-44(48)43-25-10-12-29-47(43)54(55)40-23-8-3-9-24-40/h1-37H. The number of fused-ring (bicyclic) bond motifs is 6. The van der Waals surface area contributed by atoms with Crippen molar-refractivity contribution in [1.82, 2.24) is 0 Å². The van der Waals surface area contributed by atoms with E-state index in [4.69, 9.17) is 4.42 Å². The number of furan rings is 1. The smallest absolute Gasteiger partial charge is 0.143 e. The Morgan fingerprint density at radius 3 is 1.55 bits per heavy atom. The van der Waals surface area contributed by atoms with E-state index < -0.39 is 0 Å². The summed E-state index contributed by atoms with van der Waals surface area (Å²) in [6.45, 7) is 0. The van der Waals surface area contributed by atoms with Gasteiger partial charge in [0, 0.05) is 38.5 Å². The van der Waals surface area contributed by atoms with Gasteiger partial charge in [0.15, 0.2) is 0 Å². The molecule has 0 bridgehead atoms. The van der Waals surface area contributed by atoms with Gasteiger partial charge in [-0.2, -0.15) is 0 Å². The van der Waals surface area contributed by atoms with E-state index in [0.29, 0.717) is 0 Å². The van der Waals surface area contributed by atoms with Gasteiger partial charge in [-0.1, -0.05) is 200 Å². The number of rotatable bonds is 7. The van der Waals surface area contributed by atoms with Gasteiger partial charge in [-0.3, -0.25) is 0 Å². The van der Waals surface area contributed by atoms with Crippen molar-refractivity contribution in [3.8, 4) is 44.5 Å². The lowest BCUT2D eigenvalue weighted by molar-refractivity contribution is 0.670. The molecule has 1 heterocycles. The van der Waals surface area contributed by atoms with Crippen LogP contribution in [0.2, 0.25) is 0 Å². The molecule has 0 aliphatic rings. The predicted molar refractivity (Wildman–Crippen MR) is 245 cm³/mol. The second-order valence-electron chi connectivity index (χ2n) is 14.8. The normalized spacial score (nSPS) is 11.4. The second kappa shape index (κ2) is 14.1. The molecule has 0 aliphatic carbocycles. The molecule has 0 radical (unpaired) electrons. The van der Waals surface area contributed by atoms with Crippen LogP contribution in [-0.2, 0) is 0 Å². The minimum absolute atomic E-state index is 0.882. The fraction of sp³-hybridized carbons (Fsp3) is 0. The van der Waals surface area contributed by atoms with Crippen LogP contribution >= 0.6 is 0 Å². The van der Waals surface area contributed by atoms with Crippen LogP contribution in [0.1, 0.15) is 0 Å². The van der Waals surface area contributed by atoms with E-state index in [9.17, 15) is 0 Å². The van der Waals surface area contributed by atoms with Crippen LogP contribution in [0, 0.1) is 0 Å². The van der Waals surface area contributed by atoms with E-state index in [1.165, 1.54) is 38.2 Å². The monoisotopic (exact) mass is 739 g/mol. The van der Waals surface area contributed by atoms with Crippen molar-refractivity contribution in [2.75, 3.05) is 4.90 Å². The Morgan fingerprint density at radius 1 is 0.310 bits per heavy atom. The lowest BCUT2D eigenvalue weighted by Gasteiger charge is -2.32. The minimum atomic E-state index is 0.882. The highest BCUT2D eigenvalue weighted by Crippen LogP contribution is 2.52. The van der Waals surface area contributed by atoms with Crippen LogP contribution in [-0.4, -0.2) is 0 Å². The molecule has 0 amide bonds. The van der Waals surface area contributed by atoms with Gasteiger partial charge in [0.05, 0.1) is 11.4 Å². The Balaban J connectivity index is 1.29. The quantitative estimate of drug-likeness (QED) is 0.151. The summed E-state index contributed by atoms with van der Waals surface area (Å²) in [6, 6.07) is 80.7. The molecule has 2 heteroatoms. The first-order chi connectivity index (χ1) is 28.8. The number of para-hydroxylation sites is 3. The summed E-state index contributed by atoms with van der Waals surface area (Å²) in [4.78, 5) is 2.51. The predicted octanol–water partition coefficient (Wildman–Crippen LogP) is 16.0. The highest BCUT2D eigenvalue weighted by Gasteiger charge is 2.27. The number of hydrogen-bond acceptors (Lipinski definition) is 2. The zero-order valence-electron chi connectivity index (χ0n) is 31.7. The summed E-state index contributed by atoms with van der Waals surface area (Å²) >= 11 is 0. The van der Waals surface area contributed by atoms with Gasteiger partial charge < -0.3 is 9.32 Å². The van der Waals surface area contributed by atoms with E-state index >= 15 is 0 Å². The molecule has 0 saturated heterocycles. The van der Waals surface area contributed by atoms with Crippen LogP contribution in [0.25, 0.3) is 88.0 Å². The van der Waals surface area contributed by atoms with E-state index in [-0.39, 0.29) is 0 Å². The van der Waals surface area contributed by atoms with E-state index in [1.54, 1.807) is 0 Å². The Bertz CT molecular complexity index is 3270. The largest absolute Gasteiger partial charge is 0.455 e. The molecule has 0 atom stereocenters. The summed E-state index contributed by atoms with van der Waals surface area (Å²) in [5, 5.41) is 7.03. The average molecular weight is 740 g/mol. The second-order valence-corrected chi connectivity index (χ2v) is 14.8. The number of benzene rings is 10. The molecular weight excluding hydrogens is 703 g/mol. The molecular formula is C56H37NO. The molecule has 0 unspecified atom stereocenters. The third-order valence-electron chi connectivity index (χ3n) is 11.5. The van der Waals surface area contributed by atoms with E-state index in [2.05, 4.69) is 223 Å². The summed E-state index contributed by atoms with van der Waals surface area (Å²) in [5.41, 5.74) is 14.2. The molecule has 10 aromatic carbocycles. The lowest BCUT2D eigenvalue weighted by Crippen LogP contribution is -2.14. The van der Waals surface area contributed by atoms with Crippen LogP contribution < -0.4 is 4.90 Å². The Labute approximate surface area is 337 Å². The lowest BCUT2D eigenvalue weighted by atomic mass is 9.89. The maximum atomic E-state index is 6.73. The summed E-state index contributed by atoms with van der Waals surface area (Å²) in [7, 11) is 0. The molecule has 0 spiro atoms. The highest BCUT2D eigenvalue weighted by molar-refractivity contribution is 6.23. The van der Waals surface area contributed by atoms with Crippen molar-refractivity contribution >= 4 is 60.5 Å². The molecule has 1 aromatic heterocycles. The number of anilines is 3. The van der Waals surface area contributed by atoms with E-state index in [1.807, 2.05) is 6.07 Å². The number of hydrogen-bond donors (Lipinski definition) is 0. The highest BCUT2D eigenvalue weighted by atomic mass is 16.3. The van der Waals surface area contributed by atoms with Crippen molar-refractivity contribution in [2.24, 2.45) is 0 Å². The molecule has 11 rings (SSSR count). The molecule has 0 fully saturated rings.